The van der Waals surface area contributed by atoms with Crippen molar-refractivity contribution in [1.29, 1.82) is 0 Å². The zero-order chi connectivity index (χ0) is 16.9. The predicted molar refractivity (Wildman–Crippen MR) is 93.8 cm³/mol. The Hall–Kier alpha value is -2.49. The Balaban J connectivity index is 1.78. The minimum absolute atomic E-state index is 0.0695. The molecule has 3 rings (SSSR count). The summed E-state index contributed by atoms with van der Waals surface area (Å²) in [6.07, 6.45) is 3.14. The fourth-order valence-corrected chi connectivity index (χ4v) is 3.23. The Labute approximate surface area is 142 Å². The van der Waals surface area contributed by atoms with E-state index in [4.69, 9.17) is 9.47 Å². The van der Waals surface area contributed by atoms with Gasteiger partial charge in [-0.15, -0.1) is 0 Å². The Bertz CT molecular complexity index is 727. The minimum Gasteiger partial charge on any atom is -0.493 e. The van der Waals surface area contributed by atoms with Crippen molar-refractivity contribution in [3.8, 4) is 11.5 Å². The molecule has 2 aromatic rings. The smallest absolute Gasteiger partial charge is 0.251 e. The molecule has 0 saturated carbocycles. The zero-order valence-corrected chi connectivity index (χ0v) is 14.2. The first-order valence-corrected chi connectivity index (χ1v) is 8.42. The van der Waals surface area contributed by atoms with Gasteiger partial charge in [0.2, 0.25) is 0 Å². The molecule has 126 valence electrons. The fraction of sp³-hybridized carbons (Fsp3) is 0.350. The summed E-state index contributed by atoms with van der Waals surface area (Å²) in [6, 6.07) is 13.7. The van der Waals surface area contributed by atoms with E-state index in [0.29, 0.717) is 23.7 Å². The number of rotatable bonds is 5. The molecule has 0 aromatic heterocycles. The highest BCUT2D eigenvalue weighted by Gasteiger charge is 2.22. The van der Waals surface area contributed by atoms with E-state index in [9.17, 15) is 4.79 Å². The molecule has 1 aliphatic carbocycles. The van der Waals surface area contributed by atoms with Gasteiger partial charge in [-0.05, 0) is 55.5 Å². The van der Waals surface area contributed by atoms with Crippen LogP contribution in [0, 0.1) is 0 Å². The van der Waals surface area contributed by atoms with Crippen molar-refractivity contribution in [3.63, 3.8) is 0 Å². The maximum absolute atomic E-state index is 12.7. The van der Waals surface area contributed by atoms with E-state index < -0.39 is 0 Å². The summed E-state index contributed by atoms with van der Waals surface area (Å²) in [4.78, 5) is 12.7. The summed E-state index contributed by atoms with van der Waals surface area (Å²) < 4.78 is 10.8. The number of aryl methyl sites for hydroxylation is 1. The molecule has 0 fully saturated rings. The van der Waals surface area contributed by atoms with Crippen molar-refractivity contribution in [2.24, 2.45) is 0 Å². The van der Waals surface area contributed by atoms with E-state index in [2.05, 4.69) is 23.5 Å². The number of hydrogen-bond donors (Lipinski definition) is 1. The number of carbonyl (C=O) groups is 1. The van der Waals surface area contributed by atoms with Crippen LogP contribution in [0.25, 0.3) is 0 Å². The molecular weight excluding hydrogens is 302 g/mol. The van der Waals surface area contributed by atoms with Crippen LogP contribution in [0.4, 0.5) is 0 Å². The van der Waals surface area contributed by atoms with E-state index in [0.717, 1.165) is 19.3 Å². The van der Waals surface area contributed by atoms with Crippen molar-refractivity contribution in [1.82, 2.24) is 5.32 Å². The van der Waals surface area contributed by atoms with Gasteiger partial charge in [-0.2, -0.15) is 0 Å². The van der Waals surface area contributed by atoms with Crippen LogP contribution in [0.2, 0.25) is 0 Å². The summed E-state index contributed by atoms with van der Waals surface area (Å²) in [5.74, 6) is 1.14. The summed E-state index contributed by atoms with van der Waals surface area (Å²) in [7, 11) is 1.58. The molecule has 1 amide bonds. The third-order valence-corrected chi connectivity index (χ3v) is 4.40. The number of amides is 1. The zero-order valence-electron chi connectivity index (χ0n) is 14.2. The molecule has 4 nitrogen and oxygen atoms in total. The molecule has 4 heteroatoms. The van der Waals surface area contributed by atoms with E-state index >= 15 is 0 Å². The van der Waals surface area contributed by atoms with Crippen LogP contribution in [0.5, 0.6) is 11.5 Å². The molecular formula is C20H23NO3. The first-order chi connectivity index (χ1) is 11.7. The van der Waals surface area contributed by atoms with Crippen LogP contribution in [0.15, 0.2) is 42.5 Å². The highest BCUT2D eigenvalue weighted by molar-refractivity contribution is 5.95. The lowest BCUT2D eigenvalue weighted by molar-refractivity contribution is 0.0932. The van der Waals surface area contributed by atoms with Gasteiger partial charge < -0.3 is 14.8 Å². The minimum atomic E-state index is -0.0851. The second-order valence-corrected chi connectivity index (χ2v) is 5.92. The van der Waals surface area contributed by atoms with Crippen molar-refractivity contribution in [3.05, 3.63) is 59.2 Å². The molecule has 0 heterocycles. The molecule has 24 heavy (non-hydrogen) atoms. The molecule has 0 saturated heterocycles. The third kappa shape index (κ3) is 3.37. The molecule has 0 spiro atoms. The molecule has 1 aliphatic rings. The summed E-state index contributed by atoms with van der Waals surface area (Å²) in [6.45, 7) is 2.47. The lowest BCUT2D eigenvalue weighted by atomic mass is 9.87. The van der Waals surface area contributed by atoms with Crippen LogP contribution in [0.3, 0.4) is 0 Å². The maximum atomic E-state index is 12.7. The van der Waals surface area contributed by atoms with E-state index in [-0.39, 0.29) is 11.9 Å². The number of nitrogens with one attached hydrogen (secondary N) is 1. The molecule has 0 unspecified atom stereocenters. The third-order valence-electron chi connectivity index (χ3n) is 4.40. The van der Waals surface area contributed by atoms with Crippen molar-refractivity contribution >= 4 is 5.91 Å². The molecule has 1 N–H and O–H groups in total. The number of ether oxygens (including phenoxy) is 2. The van der Waals surface area contributed by atoms with Gasteiger partial charge in [-0.1, -0.05) is 24.3 Å². The van der Waals surface area contributed by atoms with Crippen LogP contribution in [0.1, 0.15) is 47.3 Å². The predicted octanol–water partition coefficient (Wildman–Crippen LogP) is 3.90. The van der Waals surface area contributed by atoms with Gasteiger partial charge in [0.05, 0.1) is 19.8 Å². The molecule has 0 bridgehead atoms. The van der Waals surface area contributed by atoms with Gasteiger partial charge in [0.15, 0.2) is 11.5 Å². The normalized spacial score (nSPS) is 16.2. The maximum Gasteiger partial charge on any atom is 0.251 e. The van der Waals surface area contributed by atoms with Gasteiger partial charge in [-0.25, -0.2) is 0 Å². The van der Waals surface area contributed by atoms with Crippen molar-refractivity contribution in [2.75, 3.05) is 13.7 Å². The highest BCUT2D eigenvalue weighted by atomic mass is 16.5. The van der Waals surface area contributed by atoms with E-state index in [1.165, 1.54) is 11.1 Å². The van der Waals surface area contributed by atoms with Crippen LogP contribution in [-0.2, 0) is 6.42 Å². The van der Waals surface area contributed by atoms with Gasteiger partial charge in [0.1, 0.15) is 0 Å². The van der Waals surface area contributed by atoms with Gasteiger partial charge in [0, 0.05) is 5.56 Å². The lowest BCUT2D eigenvalue weighted by Gasteiger charge is -2.26. The number of benzene rings is 2. The Morgan fingerprint density at radius 2 is 2.04 bits per heavy atom. The topological polar surface area (TPSA) is 47.6 Å². The quantitative estimate of drug-likeness (QED) is 0.907. The van der Waals surface area contributed by atoms with Crippen LogP contribution in [-0.4, -0.2) is 19.6 Å². The summed E-state index contributed by atoms with van der Waals surface area (Å²) >= 11 is 0. The lowest BCUT2D eigenvalue weighted by Crippen LogP contribution is -2.31. The average Bonchev–Trinajstić information content (AvgIpc) is 2.62. The van der Waals surface area contributed by atoms with Crippen molar-refractivity contribution in [2.45, 2.75) is 32.2 Å². The first kappa shape index (κ1) is 16.4. The second-order valence-electron chi connectivity index (χ2n) is 5.92. The molecule has 0 aliphatic heterocycles. The molecule has 1 atom stereocenters. The highest BCUT2D eigenvalue weighted by Crippen LogP contribution is 2.31. The first-order valence-electron chi connectivity index (χ1n) is 8.42. The number of fused-ring (bicyclic) bond motifs is 1. The SMILES string of the molecule is CCOc1ccc(C(=O)N[C@H]2CCCc3ccccc32)cc1OC. The Morgan fingerprint density at radius 3 is 2.83 bits per heavy atom. The Morgan fingerprint density at radius 1 is 1.21 bits per heavy atom. The van der Waals surface area contributed by atoms with Crippen LogP contribution >= 0.6 is 0 Å². The largest absolute Gasteiger partial charge is 0.493 e. The van der Waals surface area contributed by atoms with Crippen LogP contribution < -0.4 is 14.8 Å². The average molecular weight is 325 g/mol. The number of hydrogen-bond acceptors (Lipinski definition) is 3. The number of methoxy groups -OCH3 is 1. The van der Waals surface area contributed by atoms with E-state index in [1.807, 2.05) is 13.0 Å². The fourth-order valence-electron chi connectivity index (χ4n) is 3.23. The molecule has 0 radical (unpaired) electrons. The van der Waals surface area contributed by atoms with E-state index in [1.54, 1.807) is 25.3 Å². The number of carbonyl (C=O) groups excluding carboxylic acids is 1. The summed E-state index contributed by atoms with van der Waals surface area (Å²) in [5.41, 5.74) is 3.15. The molecule has 2 aromatic carbocycles. The second kappa shape index (κ2) is 7.39. The Kier molecular flexibility index (Phi) is 5.04. The van der Waals surface area contributed by atoms with Gasteiger partial charge >= 0.3 is 0 Å². The summed E-state index contributed by atoms with van der Waals surface area (Å²) in [5, 5.41) is 3.16. The van der Waals surface area contributed by atoms with Gasteiger partial charge in [-0.3, -0.25) is 4.79 Å². The van der Waals surface area contributed by atoms with Crippen molar-refractivity contribution < 1.29 is 14.3 Å². The monoisotopic (exact) mass is 325 g/mol. The van der Waals surface area contributed by atoms with Gasteiger partial charge in [0.25, 0.3) is 5.91 Å². The standard InChI is InChI=1S/C20H23NO3/c1-3-24-18-12-11-15(13-19(18)23-2)20(22)21-17-10-6-8-14-7-4-5-9-16(14)17/h4-5,7,9,11-13,17H,3,6,8,10H2,1-2H3,(H,21,22)/t17-/m0/s1.